The van der Waals surface area contributed by atoms with E-state index in [1.54, 1.807) is 29.2 Å². The van der Waals surface area contributed by atoms with Crippen LogP contribution in [-0.4, -0.2) is 26.5 Å². The summed E-state index contributed by atoms with van der Waals surface area (Å²) in [5.41, 5.74) is 1.10. The smallest absolute Gasteiger partial charge is 0.241 e. The first-order chi connectivity index (χ1) is 13.3. The molecule has 1 N–H and O–H groups in total. The van der Waals surface area contributed by atoms with Gasteiger partial charge in [0.15, 0.2) is 0 Å². The molecule has 28 heavy (non-hydrogen) atoms. The maximum Gasteiger partial charge on any atom is 0.241 e. The molecule has 1 amide bonds. The third-order valence-corrected chi connectivity index (χ3v) is 6.69. The molecular formula is C21H24N2O4S. The molecule has 2 aliphatic heterocycles. The topological polar surface area (TPSA) is 75.7 Å². The monoisotopic (exact) mass is 400 g/mol. The Morgan fingerprint density at radius 2 is 1.82 bits per heavy atom. The van der Waals surface area contributed by atoms with Crippen LogP contribution in [0.25, 0.3) is 0 Å². The van der Waals surface area contributed by atoms with Crippen molar-refractivity contribution < 1.29 is 17.9 Å². The van der Waals surface area contributed by atoms with Crippen molar-refractivity contribution in [1.29, 1.82) is 0 Å². The van der Waals surface area contributed by atoms with Crippen LogP contribution in [0.1, 0.15) is 44.7 Å². The lowest BCUT2D eigenvalue weighted by atomic mass is 9.90. The highest BCUT2D eigenvalue weighted by atomic mass is 32.2. The largest absolute Gasteiger partial charge is 0.487 e. The number of carbonyl (C=O) groups excluding carboxylic acids is 1. The summed E-state index contributed by atoms with van der Waals surface area (Å²) >= 11 is 0. The molecule has 1 saturated heterocycles. The quantitative estimate of drug-likeness (QED) is 0.854. The molecule has 148 valence electrons. The number of hydrogen-bond donors (Lipinski definition) is 1. The first-order valence-electron chi connectivity index (χ1n) is 9.46. The van der Waals surface area contributed by atoms with E-state index in [4.69, 9.17) is 4.74 Å². The van der Waals surface area contributed by atoms with E-state index >= 15 is 0 Å². The fraction of sp³-hybridized carbons (Fsp3) is 0.381. The van der Waals surface area contributed by atoms with E-state index in [9.17, 15) is 13.2 Å². The Bertz CT molecular complexity index is 999. The third-order valence-electron chi connectivity index (χ3n) is 5.21. The zero-order chi connectivity index (χ0) is 19.9. The molecule has 1 atom stereocenters. The van der Waals surface area contributed by atoms with Crippen LogP contribution in [0.15, 0.2) is 53.4 Å². The molecule has 0 saturated carbocycles. The van der Waals surface area contributed by atoms with Gasteiger partial charge in [-0.1, -0.05) is 18.2 Å². The van der Waals surface area contributed by atoms with Gasteiger partial charge in [0.1, 0.15) is 11.4 Å². The number of rotatable bonds is 4. The number of amides is 1. The van der Waals surface area contributed by atoms with Gasteiger partial charge in [-0.3, -0.25) is 4.79 Å². The summed E-state index contributed by atoms with van der Waals surface area (Å²) in [7, 11) is -3.72. The molecule has 4 rings (SSSR count). The lowest BCUT2D eigenvalue weighted by Crippen LogP contribution is -2.41. The predicted molar refractivity (Wildman–Crippen MR) is 107 cm³/mol. The summed E-state index contributed by atoms with van der Waals surface area (Å²) in [5, 5.41) is 0. The molecule has 0 aliphatic carbocycles. The van der Waals surface area contributed by atoms with Crippen LogP contribution in [0.5, 0.6) is 5.75 Å². The zero-order valence-corrected chi connectivity index (χ0v) is 16.8. The molecule has 2 heterocycles. The van der Waals surface area contributed by atoms with Crippen molar-refractivity contribution in [2.24, 2.45) is 0 Å². The van der Waals surface area contributed by atoms with E-state index in [0.717, 1.165) is 17.7 Å². The minimum atomic E-state index is -3.72. The van der Waals surface area contributed by atoms with Gasteiger partial charge in [-0.05, 0) is 50.6 Å². The number of hydrogen-bond acceptors (Lipinski definition) is 4. The normalized spacial score (nSPS) is 21.3. The van der Waals surface area contributed by atoms with Crippen LogP contribution in [0.3, 0.4) is 0 Å². The maximum atomic E-state index is 13.0. The van der Waals surface area contributed by atoms with E-state index in [-0.39, 0.29) is 16.8 Å². The standard InChI is InChI=1S/C21H24N2O4S/c1-21(2)14-18(17-6-3-4-7-19(17)27-21)22-28(25,26)16-11-9-15(10-12-16)23-13-5-8-20(23)24/h3-4,6-7,9-12,18,22H,5,8,13-14H2,1-2H3/t18-/m1/s1. The summed E-state index contributed by atoms with van der Waals surface area (Å²) in [6.45, 7) is 4.58. The Morgan fingerprint density at radius 3 is 2.50 bits per heavy atom. The van der Waals surface area contributed by atoms with Gasteiger partial charge >= 0.3 is 0 Å². The molecule has 7 heteroatoms. The second-order valence-corrected chi connectivity index (χ2v) is 9.63. The van der Waals surface area contributed by atoms with Crippen LogP contribution in [0.4, 0.5) is 5.69 Å². The number of carbonyl (C=O) groups is 1. The van der Waals surface area contributed by atoms with Crippen molar-refractivity contribution in [1.82, 2.24) is 4.72 Å². The first-order valence-corrected chi connectivity index (χ1v) is 10.9. The number of fused-ring (bicyclic) bond motifs is 1. The Morgan fingerprint density at radius 1 is 1.11 bits per heavy atom. The highest BCUT2D eigenvalue weighted by molar-refractivity contribution is 7.89. The summed E-state index contributed by atoms with van der Waals surface area (Å²) in [6, 6.07) is 13.6. The fourth-order valence-corrected chi connectivity index (χ4v) is 5.10. The van der Waals surface area contributed by atoms with E-state index < -0.39 is 15.6 Å². The molecular weight excluding hydrogens is 376 g/mol. The molecule has 1 fully saturated rings. The van der Waals surface area contributed by atoms with Crippen molar-refractivity contribution in [2.75, 3.05) is 11.4 Å². The molecule has 6 nitrogen and oxygen atoms in total. The van der Waals surface area contributed by atoms with Crippen LogP contribution in [0.2, 0.25) is 0 Å². The number of para-hydroxylation sites is 1. The number of sulfonamides is 1. The second-order valence-electron chi connectivity index (χ2n) is 7.92. The third kappa shape index (κ3) is 3.64. The molecule has 0 spiro atoms. The highest BCUT2D eigenvalue weighted by Gasteiger charge is 2.36. The molecule has 2 aromatic carbocycles. The molecule has 0 aromatic heterocycles. The molecule has 0 bridgehead atoms. The van der Waals surface area contributed by atoms with E-state index in [0.29, 0.717) is 25.1 Å². The van der Waals surface area contributed by atoms with Crippen LogP contribution in [-0.2, 0) is 14.8 Å². The van der Waals surface area contributed by atoms with E-state index in [2.05, 4.69) is 4.72 Å². The van der Waals surface area contributed by atoms with E-state index in [1.807, 2.05) is 38.1 Å². The van der Waals surface area contributed by atoms with Crippen LogP contribution >= 0.6 is 0 Å². The van der Waals surface area contributed by atoms with Crippen molar-refractivity contribution in [3.63, 3.8) is 0 Å². The van der Waals surface area contributed by atoms with Gasteiger partial charge in [-0.15, -0.1) is 0 Å². The van der Waals surface area contributed by atoms with Gasteiger partial charge in [0, 0.05) is 30.6 Å². The van der Waals surface area contributed by atoms with Crippen LogP contribution in [0, 0.1) is 0 Å². The summed E-state index contributed by atoms with van der Waals surface area (Å²) < 4.78 is 34.8. The average molecular weight is 401 g/mol. The highest BCUT2D eigenvalue weighted by Crippen LogP contribution is 2.40. The van der Waals surface area contributed by atoms with Crippen LogP contribution < -0.4 is 14.4 Å². The lowest BCUT2D eigenvalue weighted by molar-refractivity contribution is -0.117. The lowest BCUT2D eigenvalue weighted by Gasteiger charge is -2.37. The Labute approximate surface area is 165 Å². The fourth-order valence-electron chi connectivity index (χ4n) is 3.89. The molecule has 0 radical (unpaired) electrons. The second kappa shape index (κ2) is 6.90. The maximum absolute atomic E-state index is 13.0. The van der Waals surface area contributed by atoms with Crippen molar-refractivity contribution in [3.05, 3.63) is 54.1 Å². The summed E-state index contributed by atoms with van der Waals surface area (Å²) in [6.07, 6.45) is 1.91. The average Bonchev–Trinajstić information content (AvgIpc) is 3.06. The van der Waals surface area contributed by atoms with Crippen molar-refractivity contribution in [2.45, 2.75) is 49.6 Å². The van der Waals surface area contributed by atoms with Gasteiger partial charge in [0.05, 0.1) is 10.9 Å². The molecule has 2 aromatic rings. The molecule has 2 aliphatic rings. The van der Waals surface area contributed by atoms with Gasteiger partial charge in [-0.2, -0.15) is 0 Å². The number of anilines is 1. The Kier molecular flexibility index (Phi) is 4.67. The Balaban J connectivity index is 1.58. The number of ether oxygens (including phenoxy) is 1. The summed E-state index contributed by atoms with van der Waals surface area (Å²) in [5.74, 6) is 0.782. The molecule has 0 unspecified atom stereocenters. The number of nitrogens with zero attached hydrogens (tertiary/aromatic N) is 1. The van der Waals surface area contributed by atoms with Gasteiger partial charge in [-0.25, -0.2) is 13.1 Å². The minimum Gasteiger partial charge on any atom is -0.487 e. The number of nitrogens with one attached hydrogen (secondary N) is 1. The van der Waals surface area contributed by atoms with Crippen molar-refractivity contribution in [3.8, 4) is 5.75 Å². The van der Waals surface area contributed by atoms with E-state index in [1.165, 1.54) is 0 Å². The summed E-state index contributed by atoms with van der Waals surface area (Å²) in [4.78, 5) is 13.8. The SMILES string of the molecule is CC1(C)C[C@@H](NS(=O)(=O)c2ccc(N3CCCC3=O)cc2)c2ccccc2O1. The predicted octanol–water partition coefficient (Wildman–Crippen LogP) is 3.39. The van der Waals surface area contributed by atoms with Gasteiger partial charge in [0.25, 0.3) is 0 Å². The Hall–Kier alpha value is -2.38. The van der Waals surface area contributed by atoms with Crippen molar-refractivity contribution >= 4 is 21.6 Å². The minimum absolute atomic E-state index is 0.0785. The first kappa shape index (κ1) is 19.0. The van der Waals surface area contributed by atoms with Gasteiger partial charge < -0.3 is 9.64 Å². The number of benzene rings is 2. The zero-order valence-electron chi connectivity index (χ0n) is 16.0. The van der Waals surface area contributed by atoms with Gasteiger partial charge in [0.2, 0.25) is 15.9 Å².